The maximum Gasteiger partial charge on any atom is 0.253 e. The van der Waals surface area contributed by atoms with Crippen molar-refractivity contribution in [3.63, 3.8) is 0 Å². The number of rotatable bonds is 4. The zero-order valence-electron chi connectivity index (χ0n) is 14.9. The Kier molecular flexibility index (Phi) is 5.79. The van der Waals surface area contributed by atoms with Gasteiger partial charge in [-0.25, -0.2) is 13.1 Å². The molecule has 5 nitrogen and oxygen atoms in total. The van der Waals surface area contributed by atoms with E-state index in [1.54, 1.807) is 18.2 Å². The number of nitrogens with one attached hydrogen (secondary N) is 1. The number of carbonyl (C=O) groups excluding carboxylic acids is 1. The summed E-state index contributed by atoms with van der Waals surface area (Å²) in [6.45, 7) is 3.69. The van der Waals surface area contributed by atoms with Crippen LogP contribution in [0.3, 0.4) is 0 Å². The number of hydrogen-bond acceptors (Lipinski definition) is 3. The second kappa shape index (κ2) is 7.87. The Labute approximate surface area is 150 Å². The largest absolute Gasteiger partial charge is 0.339 e. The second-order valence-electron chi connectivity index (χ2n) is 7.46. The van der Waals surface area contributed by atoms with Crippen LogP contribution in [0.25, 0.3) is 0 Å². The third kappa shape index (κ3) is 4.61. The van der Waals surface area contributed by atoms with Gasteiger partial charge in [0.05, 0.1) is 4.90 Å². The van der Waals surface area contributed by atoms with Crippen molar-refractivity contribution in [2.75, 3.05) is 13.1 Å². The molecule has 0 bridgehead atoms. The quantitative estimate of drug-likeness (QED) is 0.892. The van der Waals surface area contributed by atoms with E-state index >= 15 is 0 Å². The predicted octanol–water partition coefficient (Wildman–Crippen LogP) is 3.17. The highest BCUT2D eigenvalue weighted by atomic mass is 32.2. The van der Waals surface area contributed by atoms with E-state index in [4.69, 9.17) is 0 Å². The molecular formula is C19H28N2O3S. The van der Waals surface area contributed by atoms with E-state index in [-0.39, 0.29) is 16.8 Å². The van der Waals surface area contributed by atoms with Crippen molar-refractivity contribution in [2.45, 2.75) is 62.8 Å². The van der Waals surface area contributed by atoms with Crippen molar-refractivity contribution in [1.29, 1.82) is 0 Å². The van der Waals surface area contributed by atoms with Gasteiger partial charge < -0.3 is 4.90 Å². The first-order valence-electron chi connectivity index (χ1n) is 9.37. The lowest BCUT2D eigenvalue weighted by Gasteiger charge is -2.30. The number of benzene rings is 1. The predicted molar refractivity (Wildman–Crippen MR) is 97.9 cm³/mol. The molecule has 2 aliphatic rings. The summed E-state index contributed by atoms with van der Waals surface area (Å²) >= 11 is 0. The van der Waals surface area contributed by atoms with E-state index in [9.17, 15) is 13.2 Å². The van der Waals surface area contributed by atoms with E-state index in [2.05, 4.69) is 11.6 Å². The second-order valence-corrected chi connectivity index (χ2v) is 9.17. The maximum atomic E-state index is 12.7. The number of piperidine rings is 1. The topological polar surface area (TPSA) is 66.5 Å². The normalized spacial score (nSPS) is 20.6. The molecule has 0 spiro atoms. The Morgan fingerprint density at radius 1 is 1.08 bits per heavy atom. The van der Waals surface area contributed by atoms with E-state index in [1.165, 1.54) is 12.5 Å². The molecule has 1 amide bonds. The molecule has 138 valence electrons. The fraction of sp³-hybridized carbons (Fsp3) is 0.632. The van der Waals surface area contributed by atoms with Gasteiger partial charge in [0.2, 0.25) is 10.0 Å². The molecule has 25 heavy (non-hydrogen) atoms. The van der Waals surface area contributed by atoms with Gasteiger partial charge in [-0.2, -0.15) is 0 Å². The lowest BCUT2D eigenvalue weighted by atomic mass is 9.96. The molecule has 3 rings (SSSR count). The molecule has 1 aliphatic carbocycles. The minimum atomic E-state index is -3.58. The zero-order valence-corrected chi connectivity index (χ0v) is 15.7. The van der Waals surface area contributed by atoms with Crippen molar-refractivity contribution < 1.29 is 13.2 Å². The van der Waals surface area contributed by atoms with E-state index in [0.29, 0.717) is 11.5 Å². The van der Waals surface area contributed by atoms with Crippen LogP contribution < -0.4 is 4.72 Å². The van der Waals surface area contributed by atoms with Gasteiger partial charge in [0, 0.05) is 24.7 Å². The standard InChI is InChI=1S/C19H28N2O3S/c1-15-10-12-21(13-11-15)19(22)16-6-5-9-18(14-16)25(23,24)20-17-7-3-2-4-8-17/h5-6,9,14-15,17,20H,2-4,7-8,10-13H2,1H3. The van der Waals surface area contributed by atoms with E-state index in [0.717, 1.165) is 51.6 Å². The molecule has 6 heteroatoms. The molecule has 1 N–H and O–H groups in total. The van der Waals surface area contributed by atoms with Crippen LogP contribution in [-0.4, -0.2) is 38.4 Å². The van der Waals surface area contributed by atoms with Gasteiger partial charge in [0.15, 0.2) is 0 Å². The van der Waals surface area contributed by atoms with Gasteiger partial charge in [-0.1, -0.05) is 32.3 Å². The van der Waals surface area contributed by atoms with Crippen molar-refractivity contribution in [3.05, 3.63) is 29.8 Å². The monoisotopic (exact) mass is 364 g/mol. The van der Waals surface area contributed by atoms with Crippen LogP contribution >= 0.6 is 0 Å². The Bertz CT molecular complexity index is 703. The molecule has 1 heterocycles. The number of likely N-dealkylation sites (tertiary alicyclic amines) is 1. The minimum Gasteiger partial charge on any atom is -0.339 e. The highest BCUT2D eigenvalue weighted by molar-refractivity contribution is 7.89. The summed E-state index contributed by atoms with van der Waals surface area (Å²) < 4.78 is 28.1. The number of amides is 1. The summed E-state index contributed by atoms with van der Waals surface area (Å²) in [5.74, 6) is 0.581. The first kappa shape index (κ1) is 18.4. The third-order valence-corrected chi connectivity index (χ3v) is 6.91. The lowest BCUT2D eigenvalue weighted by Crippen LogP contribution is -2.38. The zero-order chi connectivity index (χ0) is 17.9. The Morgan fingerprint density at radius 2 is 1.76 bits per heavy atom. The SMILES string of the molecule is CC1CCN(C(=O)c2cccc(S(=O)(=O)NC3CCCCC3)c2)CC1. The average Bonchev–Trinajstić information content (AvgIpc) is 2.62. The summed E-state index contributed by atoms with van der Waals surface area (Å²) in [5, 5.41) is 0. The molecule has 1 aromatic carbocycles. The van der Waals surface area contributed by atoms with Crippen LogP contribution in [0.4, 0.5) is 0 Å². The summed E-state index contributed by atoms with van der Waals surface area (Å²) in [6, 6.07) is 6.47. The summed E-state index contributed by atoms with van der Waals surface area (Å²) in [6.07, 6.45) is 7.11. The van der Waals surface area contributed by atoms with Gasteiger partial charge in [-0.3, -0.25) is 4.79 Å². The molecule has 1 saturated carbocycles. The van der Waals surface area contributed by atoms with Gasteiger partial charge >= 0.3 is 0 Å². The molecule has 0 aromatic heterocycles. The summed E-state index contributed by atoms with van der Waals surface area (Å²) in [5.41, 5.74) is 0.459. The molecule has 0 radical (unpaired) electrons. The smallest absolute Gasteiger partial charge is 0.253 e. The number of sulfonamides is 1. The third-order valence-electron chi connectivity index (χ3n) is 5.39. The van der Waals surface area contributed by atoms with Crippen molar-refractivity contribution in [2.24, 2.45) is 5.92 Å². The minimum absolute atomic E-state index is 0.0155. The number of carbonyl (C=O) groups is 1. The van der Waals surface area contributed by atoms with Gasteiger partial charge in [-0.05, 0) is 49.8 Å². The molecule has 1 saturated heterocycles. The van der Waals surface area contributed by atoms with Crippen molar-refractivity contribution >= 4 is 15.9 Å². The number of hydrogen-bond donors (Lipinski definition) is 1. The van der Waals surface area contributed by atoms with Crippen LogP contribution in [0.5, 0.6) is 0 Å². The van der Waals surface area contributed by atoms with E-state index < -0.39 is 10.0 Å². The van der Waals surface area contributed by atoms with Gasteiger partial charge in [-0.15, -0.1) is 0 Å². The van der Waals surface area contributed by atoms with Crippen LogP contribution in [0.15, 0.2) is 29.2 Å². The fourth-order valence-electron chi connectivity index (χ4n) is 3.70. The van der Waals surface area contributed by atoms with Crippen molar-refractivity contribution in [3.8, 4) is 0 Å². The average molecular weight is 365 g/mol. The molecular weight excluding hydrogens is 336 g/mol. The molecule has 0 unspecified atom stereocenters. The Hall–Kier alpha value is -1.40. The lowest BCUT2D eigenvalue weighted by molar-refractivity contribution is 0.0697. The first-order valence-corrected chi connectivity index (χ1v) is 10.9. The molecule has 1 aliphatic heterocycles. The summed E-state index contributed by atoms with van der Waals surface area (Å²) in [4.78, 5) is 14.7. The molecule has 0 atom stereocenters. The molecule has 2 fully saturated rings. The first-order chi connectivity index (χ1) is 12.0. The molecule has 1 aromatic rings. The van der Waals surface area contributed by atoms with Crippen LogP contribution in [0.1, 0.15) is 62.2 Å². The Balaban J connectivity index is 1.72. The highest BCUT2D eigenvalue weighted by Crippen LogP contribution is 2.22. The van der Waals surface area contributed by atoms with Gasteiger partial charge in [0.25, 0.3) is 5.91 Å². The number of nitrogens with zero attached hydrogens (tertiary/aromatic N) is 1. The van der Waals surface area contributed by atoms with Crippen LogP contribution in [0.2, 0.25) is 0 Å². The van der Waals surface area contributed by atoms with Crippen molar-refractivity contribution in [1.82, 2.24) is 9.62 Å². The van der Waals surface area contributed by atoms with Crippen LogP contribution in [-0.2, 0) is 10.0 Å². The van der Waals surface area contributed by atoms with Crippen LogP contribution in [0, 0.1) is 5.92 Å². The maximum absolute atomic E-state index is 12.7. The van der Waals surface area contributed by atoms with E-state index in [1.807, 2.05) is 4.90 Å². The fourth-order valence-corrected chi connectivity index (χ4v) is 5.05. The highest BCUT2D eigenvalue weighted by Gasteiger charge is 2.25. The van der Waals surface area contributed by atoms with Gasteiger partial charge in [0.1, 0.15) is 0 Å². The summed E-state index contributed by atoms with van der Waals surface area (Å²) in [7, 11) is -3.58. The Morgan fingerprint density at radius 3 is 2.44 bits per heavy atom.